The highest BCUT2D eigenvalue weighted by Gasteiger charge is 2.35. The largest absolute Gasteiger partial charge is 0.459 e. The van der Waals surface area contributed by atoms with Crippen LogP contribution in [-0.2, 0) is 28.7 Å². The van der Waals surface area contributed by atoms with E-state index in [0.717, 1.165) is 54.7 Å². The van der Waals surface area contributed by atoms with E-state index >= 15 is 0 Å². The first-order valence-corrected chi connectivity index (χ1v) is 13.1. The highest BCUT2D eigenvalue weighted by atomic mass is 16.6. The summed E-state index contributed by atoms with van der Waals surface area (Å²) in [6, 6.07) is -2.29. The molecule has 0 heterocycles. The first kappa shape index (κ1) is 31.8. The monoisotopic (exact) mass is 526 g/mol. The molecule has 2 saturated carbocycles. The van der Waals surface area contributed by atoms with Gasteiger partial charge in [0, 0.05) is 12.1 Å². The Morgan fingerprint density at radius 1 is 0.730 bits per heavy atom. The Morgan fingerprint density at radius 3 is 1.49 bits per heavy atom. The van der Waals surface area contributed by atoms with Gasteiger partial charge < -0.3 is 20.9 Å². The fourth-order valence-electron chi connectivity index (χ4n) is 4.40. The average molecular weight is 527 g/mol. The average Bonchev–Trinajstić information content (AvgIpc) is 2.85. The number of ether oxygens (including phenoxy) is 2. The van der Waals surface area contributed by atoms with E-state index in [0.29, 0.717) is 32.1 Å². The standard InChI is InChI=1S/C13H22N2O4.C12H20N2O4/c1-2-3-9-19-12(17)11(16)15(13(14)18)10-7-5-4-6-8-10;1-8(2)18-11(16)10(15)14(12(13)17)9-6-4-3-5-7-9/h10H,2-9H2,1H3,(H2,14,18);8-9H,3-7H2,1-2H3,(H2,13,17). The fourth-order valence-corrected chi connectivity index (χ4v) is 4.40. The van der Waals surface area contributed by atoms with Gasteiger partial charge in [-0.25, -0.2) is 19.2 Å². The summed E-state index contributed by atoms with van der Waals surface area (Å²) in [5.41, 5.74) is 10.4. The van der Waals surface area contributed by atoms with Crippen LogP contribution in [0.4, 0.5) is 9.59 Å². The lowest BCUT2D eigenvalue weighted by atomic mass is 9.94. The molecule has 0 aromatic heterocycles. The Labute approximate surface area is 218 Å². The minimum absolute atomic E-state index is 0.193. The summed E-state index contributed by atoms with van der Waals surface area (Å²) >= 11 is 0. The van der Waals surface area contributed by atoms with Crippen molar-refractivity contribution in [3.63, 3.8) is 0 Å². The molecule has 4 N–H and O–H groups in total. The quantitative estimate of drug-likeness (QED) is 0.301. The van der Waals surface area contributed by atoms with Gasteiger partial charge in [-0.05, 0) is 46.0 Å². The van der Waals surface area contributed by atoms with Gasteiger partial charge in [0.15, 0.2) is 0 Å². The Kier molecular flexibility index (Phi) is 14.2. The second kappa shape index (κ2) is 16.5. The lowest BCUT2D eigenvalue weighted by molar-refractivity contribution is -0.162. The molecule has 0 atom stereocenters. The van der Waals surface area contributed by atoms with Crippen LogP contribution in [0.5, 0.6) is 0 Å². The third-order valence-electron chi connectivity index (χ3n) is 6.22. The summed E-state index contributed by atoms with van der Waals surface area (Å²) in [6.45, 7) is 5.42. The summed E-state index contributed by atoms with van der Waals surface area (Å²) in [5, 5.41) is 0. The molecule has 2 rings (SSSR count). The number of esters is 2. The number of nitrogens with two attached hydrogens (primary N) is 2. The summed E-state index contributed by atoms with van der Waals surface area (Å²) in [6.07, 6.45) is 9.86. The number of imide groups is 2. The van der Waals surface area contributed by atoms with Crippen molar-refractivity contribution in [2.45, 2.75) is 116 Å². The molecule has 0 aromatic rings. The molecular formula is C25H42N4O8. The Hall–Kier alpha value is -3.18. The van der Waals surface area contributed by atoms with Crippen LogP contribution in [0.3, 0.4) is 0 Å². The number of carbonyl (C=O) groups is 6. The van der Waals surface area contributed by atoms with E-state index < -0.39 is 41.9 Å². The van der Waals surface area contributed by atoms with E-state index in [1.165, 1.54) is 0 Å². The molecule has 37 heavy (non-hydrogen) atoms. The third-order valence-corrected chi connectivity index (χ3v) is 6.22. The van der Waals surface area contributed by atoms with Gasteiger partial charge in [-0.3, -0.25) is 19.4 Å². The van der Waals surface area contributed by atoms with Gasteiger partial charge in [0.2, 0.25) is 0 Å². The lowest BCUT2D eigenvalue weighted by Crippen LogP contribution is -2.51. The highest BCUT2D eigenvalue weighted by Crippen LogP contribution is 2.24. The van der Waals surface area contributed by atoms with E-state index in [2.05, 4.69) is 0 Å². The zero-order valence-electron chi connectivity index (χ0n) is 22.2. The van der Waals surface area contributed by atoms with Crippen molar-refractivity contribution >= 4 is 35.8 Å². The van der Waals surface area contributed by atoms with Crippen molar-refractivity contribution in [2.24, 2.45) is 11.5 Å². The molecule has 0 radical (unpaired) electrons. The van der Waals surface area contributed by atoms with Crippen molar-refractivity contribution < 1.29 is 38.2 Å². The SMILES string of the molecule is CC(C)OC(=O)C(=O)N(C(N)=O)C1CCCCC1.CCCCOC(=O)C(=O)N(C(N)=O)C1CCCCC1. The number of amides is 6. The van der Waals surface area contributed by atoms with Crippen LogP contribution in [0.15, 0.2) is 0 Å². The first-order chi connectivity index (χ1) is 17.5. The van der Waals surface area contributed by atoms with Crippen molar-refractivity contribution in [3.8, 4) is 0 Å². The van der Waals surface area contributed by atoms with Crippen LogP contribution in [0.25, 0.3) is 0 Å². The summed E-state index contributed by atoms with van der Waals surface area (Å²) < 4.78 is 9.62. The minimum Gasteiger partial charge on any atom is -0.459 e. The van der Waals surface area contributed by atoms with Crippen LogP contribution in [0.1, 0.15) is 97.8 Å². The number of primary amides is 2. The molecule has 2 aliphatic rings. The first-order valence-electron chi connectivity index (χ1n) is 13.1. The summed E-state index contributed by atoms with van der Waals surface area (Å²) in [5.74, 6) is -3.90. The van der Waals surface area contributed by atoms with Crippen LogP contribution in [0.2, 0.25) is 0 Å². The van der Waals surface area contributed by atoms with Gasteiger partial charge in [0.25, 0.3) is 0 Å². The molecule has 0 aliphatic heterocycles. The van der Waals surface area contributed by atoms with Crippen LogP contribution < -0.4 is 11.5 Å². The van der Waals surface area contributed by atoms with Gasteiger partial charge in [-0.1, -0.05) is 51.9 Å². The third kappa shape index (κ3) is 10.8. The molecule has 2 fully saturated rings. The normalized spacial score (nSPS) is 16.1. The zero-order valence-corrected chi connectivity index (χ0v) is 22.2. The summed E-state index contributed by atoms with van der Waals surface area (Å²) in [4.78, 5) is 71.4. The zero-order chi connectivity index (χ0) is 28.0. The second-order valence-corrected chi connectivity index (χ2v) is 9.55. The van der Waals surface area contributed by atoms with E-state index in [1.807, 2.05) is 6.92 Å². The predicted molar refractivity (Wildman–Crippen MR) is 134 cm³/mol. The van der Waals surface area contributed by atoms with Gasteiger partial charge in [-0.2, -0.15) is 0 Å². The van der Waals surface area contributed by atoms with Crippen molar-refractivity contribution in [3.05, 3.63) is 0 Å². The molecule has 0 bridgehead atoms. The van der Waals surface area contributed by atoms with Gasteiger partial charge in [0.1, 0.15) is 0 Å². The molecule has 210 valence electrons. The van der Waals surface area contributed by atoms with E-state index in [1.54, 1.807) is 13.8 Å². The van der Waals surface area contributed by atoms with Crippen molar-refractivity contribution in [2.75, 3.05) is 6.61 Å². The lowest BCUT2D eigenvalue weighted by Gasteiger charge is -2.30. The van der Waals surface area contributed by atoms with Crippen LogP contribution in [-0.4, -0.2) is 70.4 Å². The van der Waals surface area contributed by atoms with Gasteiger partial charge in [0.05, 0.1) is 12.7 Å². The molecule has 0 unspecified atom stereocenters. The molecular weight excluding hydrogens is 484 g/mol. The Morgan fingerprint density at radius 2 is 1.14 bits per heavy atom. The van der Waals surface area contributed by atoms with Crippen molar-refractivity contribution in [1.82, 2.24) is 9.80 Å². The van der Waals surface area contributed by atoms with E-state index in [9.17, 15) is 28.8 Å². The number of nitrogens with zero attached hydrogens (tertiary/aromatic N) is 2. The Balaban J connectivity index is 0.000000371. The number of hydrogen-bond donors (Lipinski definition) is 2. The van der Waals surface area contributed by atoms with Crippen LogP contribution >= 0.6 is 0 Å². The molecule has 2 aliphatic carbocycles. The number of urea groups is 2. The maximum absolute atomic E-state index is 11.9. The predicted octanol–water partition coefficient (Wildman–Crippen LogP) is 2.75. The number of unbranched alkanes of at least 4 members (excludes halogenated alkanes) is 1. The van der Waals surface area contributed by atoms with Gasteiger partial charge >= 0.3 is 35.8 Å². The Bertz CT molecular complexity index is 805. The maximum Gasteiger partial charge on any atom is 0.397 e. The molecule has 0 saturated heterocycles. The summed E-state index contributed by atoms with van der Waals surface area (Å²) in [7, 11) is 0. The molecule has 12 nitrogen and oxygen atoms in total. The molecule has 0 aromatic carbocycles. The molecule has 6 amide bonds. The van der Waals surface area contributed by atoms with Crippen LogP contribution in [0, 0.1) is 0 Å². The number of rotatable bonds is 6. The smallest absolute Gasteiger partial charge is 0.397 e. The number of carbonyl (C=O) groups excluding carboxylic acids is 6. The molecule has 0 spiro atoms. The number of hydrogen-bond acceptors (Lipinski definition) is 8. The van der Waals surface area contributed by atoms with E-state index in [-0.39, 0.29) is 18.7 Å². The van der Waals surface area contributed by atoms with Gasteiger partial charge in [-0.15, -0.1) is 0 Å². The second-order valence-electron chi connectivity index (χ2n) is 9.55. The fraction of sp³-hybridized carbons (Fsp3) is 0.760. The maximum atomic E-state index is 11.9. The van der Waals surface area contributed by atoms with Crippen molar-refractivity contribution in [1.29, 1.82) is 0 Å². The molecule has 12 heteroatoms. The van der Waals surface area contributed by atoms with E-state index in [4.69, 9.17) is 20.9 Å². The highest BCUT2D eigenvalue weighted by molar-refractivity contribution is 6.35. The minimum atomic E-state index is -1.02. The topological polar surface area (TPSA) is 179 Å².